The van der Waals surface area contributed by atoms with Crippen LogP contribution in [0.25, 0.3) is 0 Å². The Labute approximate surface area is 124 Å². The summed E-state index contributed by atoms with van der Waals surface area (Å²) in [6, 6.07) is 8.54. The van der Waals surface area contributed by atoms with E-state index < -0.39 is 10.7 Å². The van der Waals surface area contributed by atoms with Crippen LogP contribution in [0.15, 0.2) is 36.4 Å². The number of anilines is 1. The zero-order valence-electron chi connectivity index (χ0n) is 10.1. The van der Waals surface area contributed by atoms with Crippen molar-refractivity contribution in [2.45, 2.75) is 6.54 Å². The number of non-ortho nitro benzene ring substituents is 1. The van der Waals surface area contributed by atoms with Crippen LogP contribution in [0.2, 0.25) is 10.0 Å². The molecular weight excluding hydrogens is 306 g/mol. The predicted molar refractivity (Wildman–Crippen MR) is 76.8 cm³/mol. The number of nitrogens with zero attached hydrogens (tertiary/aromatic N) is 1. The van der Waals surface area contributed by atoms with Gasteiger partial charge < -0.3 is 5.32 Å². The Bertz CT molecular complexity index is 665. The fourth-order valence-corrected chi connectivity index (χ4v) is 1.96. The molecule has 0 saturated carbocycles. The van der Waals surface area contributed by atoms with E-state index in [4.69, 9.17) is 23.2 Å². The van der Waals surface area contributed by atoms with Gasteiger partial charge in [-0.2, -0.15) is 0 Å². The zero-order chi connectivity index (χ0) is 14.7. The molecule has 0 aliphatic rings. The van der Waals surface area contributed by atoms with Gasteiger partial charge in [0.2, 0.25) is 0 Å². The molecule has 0 fully saturated rings. The van der Waals surface area contributed by atoms with Gasteiger partial charge >= 0.3 is 0 Å². The quantitative estimate of drug-likeness (QED) is 0.660. The molecular formula is C13H9Cl2FN2O2. The summed E-state index contributed by atoms with van der Waals surface area (Å²) in [6.45, 7) is 0.317. The maximum atomic E-state index is 13.3. The molecule has 0 spiro atoms. The average Bonchev–Trinajstić information content (AvgIpc) is 2.41. The van der Waals surface area contributed by atoms with E-state index >= 15 is 0 Å². The lowest BCUT2D eigenvalue weighted by Gasteiger charge is -2.08. The van der Waals surface area contributed by atoms with Crippen molar-refractivity contribution in [3.8, 4) is 0 Å². The summed E-state index contributed by atoms with van der Waals surface area (Å²) in [5, 5.41) is 13.9. The second-order valence-corrected chi connectivity index (χ2v) is 4.83. The van der Waals surface area contributed by atoms with Gasteiger partial charge in [0.15, 0.2) is 0 Å². The molecule has 104 valence electrons. The molecule has 0 atom stereocenters. The van der Waals surface area contributed by atoms with Crippen LogP contribution in [-0.2, 0) is 6.54 Å². The Morgan fingerprint density at radius 2 is 1.90 bits per heavy atom. The van der Waals surface area contributed by atoms with Gasteiger partial charge in [-0.05, 0) is 29.8 Å². The standard InChI is InChI=1S/C13H9Cl2FN2O2/c14-11-4-2-9(5-13(11)16)17-7-8-1-3-10(18(19)20)6-12(8)15/h1-6,17H,7H2. The fraction of sp³-hybridized carbons (Fsp3) is 0.0769. The number of nitrogens with one attached hydrogen (secondary N) is 1. The molecule has 2 rings (SSSR count). The topological polar surface area (TPSA) is 55.2 Å². The van der Waals surface area contributed by atoms with Gasteiger partial charge in [-0.1, -0.05) is 23.2 Å². The maximum absolute atomic E-state index is 13.3. The van der Waals surface area contributed by atoms with Crippen molar-refractivity contribution in [1.29, 1.82) is 0 Å². The van der Waals surface area contributed by atoms with E-state index in [-0.39, 0.29) is 15.7 Å². The van der Waals surface area contributed by atoms with E-state index in [1.807, 2.05) is 0 Å². The minimum atomic E-state index is -0.522. The van der Waals surface area contributed by atoms with Gasteiger partial charge in [0.25, 0.3) is 5.69 Å². The normalized spacial score (nSPS) is 10.3. The third-order valence-electron chi connectivity index (χ3n) is 2.65. The van der Waals surface area contributed by atoms with Gasteiger partial charge in [-0.3, -0.25) is 10.1 Å². The van der Waals surface area contributed by atoms with Crippen LogP contribution in [0.1, 0.15) is 5.56 Å². The van der Waals surface area contributed by atoms with E-state index in [1.54, 1.807) is 12.1 Å². The van der Waals surface area contributed by atoms with Gasteiger partial charge in [0, 0.05) is 24.4 Å². The molecule has 0 unspecified atom stereocenters. The van der Waals surface area contributed by atoms with E-state index in [0.29, 0.717) is 17.8 Å². The molecule has 20 heavy (non-hydrogen) atoms. The van der Waals surface area contributed by atoms with Gasteiger partial charge in [-0.15, -0.1) is 0 Å². The number of halogens is 3. The van der Waals surface area contributed by atoms with Crippen molar-refractivity contribution >= 4 is 34.6 Å². The summed E-state index contributed by atoms with van der Waals surface area (Å²) >= 11 is 11.5. The predicted octanol–water partition coefficient (Wildman–Crippen LogP) is 4.65. The first-order chi connectivity index (χ1) is 9.47. The smallest absolute Gasteiger partial charge is 0.270 e. The first-order valence-electron chi connectivity index (χ1n) is 5.59. The molecule has 0 aliphatic heterocycles. The van der Waals surface area contributed by atoms with E-state index in [2.05, 4.69) is 5.32 Å². The van der Waals surface area contributed by atoms with Crippen LogP contribution in [0.5, 0.6) is 0 Å². The minimum Gasteiger partial charge on any atom is -0.381 e. The molecule has 2 aromatic rings. The van der Waals surface area contributed by atoms with Crippen LogP contribution in [0.3, 0.4) is 0 Å². The average molecular weight is 315 g/mol. The Kier molecular flexibility index (Phi) is 4.42. The number of hydrogen-bond donors (Lipinski definition) is 1. The van der Waals surface area contributed by atoms with Gasteiger partial charge in [0.05, 0.1) is 15.0 Å². The van der Waals surface area contributed by atoms with E-state index in [9.17, 15) is 14.5 Å². The molecule has 0 saturated heterocycles. The Morgan fingerprint density at radius 3 is 2.50 bits per heavy atom. The van der Waals surface area contributed by atoms with Crippen LogP contribution < -0.4 is 5.32 Å². The van der Waals surface area contributed by atoms with E-state index in [1.165, 1.54) is 24.3 Å². The summed E-state index contributed by atoms with van der Waals surface area (Å²) in [6.07, 6.45) is 0. The van der Waals surface area contributed by atoms with Gasteiger partial charge in [-0.25, -0.2) is 4.39 Å². The number of hydrogen-bond acceptors (Lipinski definition) is 3. The first kappa shape index (κ1) is 14.6. The molecule has 1 N–H and O–H groups in total. The summed E-state index contributed by atoms with van der Waals surface area (Å²) in [7, 11) is 0. The first-order valence-corrected chi connectivity index (χ1v) is 6.34. The summed E-state index contributed by atoms with van der Waals surface area (Å²) in [5.74, 6) is -0.522. The van der Waals surface area contributed by atoms with Crippen molar-refractivity contribution in [3.05, 3.63) is 67.9 Å². The molecule has 0 heterocycles. The second kappa shape index (κ2) is 6.07. The monoisotopic (exact) mass is 314 g/mol. The molecule has 4 nitrogen and oxygen atoms in total. The third kappa shape index (κ3) is 3.37. The van der Waals surface area contributed by atoms with Crippen LogP contribution in [-0.4, -0.2) is 4.92 Å². The Morgan fingerprint density at radius 1 is 1.15 bits per heavy atom. The van der Waals surface area contributed by atoms with Crippen molar-refractivity contribution in [2.24, 2.45) is 0 Å². The van der Waals surface area contributed by atoms with Crippen molar-refractivity contribution in [2.75, 3.05) is 5.32 Å². The van der Waals surface area contributed by atoms with Crippen molar-refractivity contribution in [1.82, 2.24) is 0 Å². The minimum absolute atomic E-state index is 0.0453. The molecule has 2 aromatic carbocycles. The Balaban J connectivity index is 2.10. The number of nitro benzene ring substituents is 1. The number of benzene rings is 2. The number of nitro groups is 1. The van der Waals surface area contributed by atoms with Crippen LogP contribution in [0.4, 0.5) is 15.8 Å². The van der Waals surface area contributed by atoms with Crippen molar-refractivity contribution in [3.63, 3.8) is 0 Å². The fourth-order valence-electron chi connectivity index (χ4n) is 1.60. The molecule has 0 bridgehead atoms. The summed E-state index contributed by atoms with van der Waals surface area (Å²) in [5.41, 5.74) is 1.14. The SMILES string of the molecule is O=[N+]([O-])c1ccc(CNc2ccc(Cl)c(F)c2)c(Cl)c1. The maximum Gasteiger partial charge on any atom is 0.270 e. The van der Waals surface area contributed by atoms with Crippen molar-refractivity contribution < 1.29 is 9.31 Å². The largest absolute Gasteiger partial charge is 0.381 e. The highest BCUT2D eigenvalue weighted by Gasteiger charge is 2.09. The molecule has 0 aromatic heterocycles. The molecule has 0 radical (unpaired) electrons. The molecule has 7 heteroatoms. The highest BCUT2D eigenvalue weighted by atomic mass is 35.5. The van der Waals surface area contributed by atoms with Crippen LogP contribution in [0, 0.1) is 15.9 Å². The highest BCUT2D eigenvalue weighted by molar-refractivity contribution is 6.31. The zero-order valence-corrected chi connectivity index (χ0v) is 11.6. The number of rotatable bonds is 4. The highest BCUT2D eigenvalue weighted by Crippen LogP contribution is 2.24. The summed E-state index contributed by atoms with van der Waals surface area (Å²) in [4.78, 5) is 10.1. The van der Waals surface area contributed by atoms with Crippen LogP contribution >= 0.6 is 23.2 Å². The third-order valence-corrected chi connectivity index (χ3v) is 3.31. The van der Waals surface area contributed by atoms with E-state index in [0.717, 1.165) is 0 Å². The Hall–Kier alpha value is -1.85. The molecule has 0 aliphatic carbocycles. The molecule has 0 amide bonds. The van der Waals surface area contributed by atoms with Gasteiger partial charge in [0.1, 0.15) is 5.82 Å². The second-order valence-electron chi connectivity index (χ2n) is 4.02. The summed E-state index contributed by atoms with van der Waals surface area (Å²) < 4.78 is 13.3. The lowest BCUT2D eigenvalue weighted by Crippen LogP contribution is -2.01. The lowest BCUT2D eigenvalue weighted by molar-refractivity contribution is -0.384. The lowest BCUT2D eigenvalue weighted by atomic mass is 10.2.